The summed E-state index contributed by atoms with van der Waals surface area (Å²) in [5, 5.41) is 29.0. The number of carbonyl (C=O) groups excluding carboxylic acids is 7. The lowest BCUT2D eigenvalue weighted by Crippen LogP contribution is -2.60. The Labute approximate surface area is 469 Å². The molecule has 0 saturated heterocycles. The van der Waals surface area contributed by atoms with Crippen LogP contribution >= 0.6 is 25.3 Å². The molecule has 0 aliphatic rings. The average Bonchev–Trinajstić information content (AvgIpc) is 3.83. The van der Waals surface area contributed by atoms with Gasteiger partial charge in [0.2, 0.25) is 41.4 Å². The fourth-order valence-electron chi connectivity index (χ4n) is 7.95. The minimum absolute atomic E-state index is 0.0353. The van der Waals surface area contributed by atoms with Crippen molar-refractivity contribution >= 4 is 101 Å². The number of fused-ring (bicyclic) bond motifs is 1. The molecule has 434 valence electrons. The number of H-pyrrole nitrogens is 1. The molecule has 1 heterocycles. The van der Waals surface area contributed by atoms with E-state index in [4.69, 9.17) is 40.1 Å². The number of benzene rings is 2. The summed E-state index contributed by atoms with van der Waals surface area (Å²) in [6, 6.07) is 5.42. The van der Waals surface area contributed by atoms with Gasteiger partial charge in [-0.1, -0.05) is 68.3 Å². The van der Waals surface area contributed by atoms with Gasteiger partial charge in [0, 0.05) is 61.1 Å². The first kappa shape index (κ1) is 65.5. The van der Waals surface area contributed by atoms with Crippen LogP contribution in [0.3, 0.4) is 0 Å². The summed E-state index contributed by atoms with van der Waals surface area (Å²) >= 11 is 8.40. The lowest BCUT2D eigenvalue weighted by molar-refractivity contribution is -0.141. The van der Waals surface area contributed by atoms with E-state index in [1.54, 1.807) is 42.6 Å². The highest BCUT2D eigenvalue weighted by atomic mass is 32.1. The molecule has 0 saturated carbocycles. The second-order valence-corrected chi connectivity index (χ2v) is 19.2. The summed E-state index contributed by atoms with van der Waals surface area (Å²) in [5.41, 5.74) is 41.0. The van der Waals surface area contributed by atoms with Crippen molar-refractivity contribution in [3.8, 4) is 0 Å². The highest BCUT2D eigenvalue weighted by molar-refractivity contribution is 7.80. The van der Waals surface area contributed by atoms with Gasteiger partial charge in [-0.15, -0.1) is 0 Å². The van der Waals surface area contributed by atoms with Crippen LogP contribution in [0.1, 0.15) is 75.8 Å². The van der Waals surface area contributed by atoms with Crippen LogP contribution in [0.5, 0.6) is 0 Å². The van der Waals surface area contributed by atoms with Crippen LogP contribution in [-0.2, 0) is 51.2 Å². The van der Waals surface area contributed by atoms with E-state index in [2.05, 4.69) is 82.4 Å². The van der Waals surface area contributed by atoms with E-state index in [0.717, 1.165) is 10.9 Å². The number of aromatic nitrogens is 1. The van der Waals surface area contributed by atoms with Crippen LogP contribution in [0.25, 0.3) is 10.9 Å². The number of aromatic amines is 1. The molecule has 0 unspecified atom stereocenters. The zero-order chi connectivity index (χ0) is 58.4. The Hall–Kier alpha value is -7.79. The SMILES string of the molecule is CCCC[C@H](NC(=O)[C@@H](N)CCCN=C(N)N)C(=O)N[C@@H](CS)C(=O)N[C@@H](CCCN=C(N)N)C(=O)N[C@H](Cc1ccccc1)C(=O)N[C@@H](CCCN=C(N)N)C(=O)N[C@@H](Cc1c[nH]c2ccccc12)C(=O)N[C@@H](CS)C(=O)O. The van der Waals surface area contributed by atoms with Crippen molar-refractivity contribution in [1.29, 1.82) is 0 Å². The van der Waals surface area contributed by atoms with Crippen molar-refractivity contribution in [2.45, 2.75) is 126 Å². The third-order valence-electron chi connectivity index (χ3n) is 12.2. The molecule has 79 heavy (non-hydrogen) atoms. The number of nitrogens with zero attached hydrogens (tertiary/aromatic N) is 3. The van der Waals surface area contributed by atoms with Crippen molar-refractivity contribution in [3.63, 3.8) is 0 Å². The number of amides is 7. The van der Waals surface area contributed by atoms with Crippen LogP contribution in [0.15, 0.2) is 75.8 Å². The summed E-state index contributed by atoms with van der Waals surface area (Å²) in [5.74, 6) is -7.94. The minimum atomic E-state index is -1.42. The van der Waals surface area contributed by atoms with Crippen molar-refractivity contribution in [2.75, 3.05) is 31.1 Å². The molecule has 0 bridgehead atoms. The van der Waals surface area contributed by atoms with Gasteiger partial charge in [-0.2, -0.15) is 25.3 Å². The van der Waals surface area contributed by atoms with E-state index >= 15 is 0 Å². The number of guanidine groups is 3. The van der Waals surface area contributed by atoms with Gasteiger partial charge in [0.25, 0.3) is 0 Å². The maximum Gasteiger partial charge on any atom is 0.327 e. The van der Waals surface area contributed by atoms with Crippen molar-refractivity contribution in [1.82, 2.24) is 42.2 Å². The Morgan fingerprint density at radius 1 is 0.506 bits per heavy atom. The van der Waals surface area contributed by atoms with Crippen LogP contribution in [0, 0.1) is 0 Å². The molecule has 3 rings (SSSR count). The summed E-state index contributed by atoms with van der Waals surface area (Å²) in [4.78, 5) is 125. The topological polar surface area (TPSA) is 476 Å². The number of nitrogens with one attached hydrogen (secondary N) is 8. The number of aliphatic imine (C=N–C) groups is 3. The van der Waals surface area contributed by atoms with Crippen LogP contribution in [0.4, 0.5) is 0 Å². The number of nitrogens with two attached hydrogens (primary N) is 7. The Balaban J connectivity index is 1.96. The fourth-order valence-corrected chi connectivity index (χ4v) is 8.46. The molecule has 0 spiro atoms. The molecule has 0 fully saturated rings. The molecule has 3 aromatic rings. The van der Waals surface area contributed by atoms with Gasteiger partial charge in [0.15, 0.2) is 17.9 Å². The normalized spacial score (nSPS) is 14.0. The average molecular weight is 1140 g/mol. The highest BCUT2D eigenvalue weighted by Crippen LogP contribution is 2.20. The molecule has 23 N–H and O–H groups in total. The molecule has 0 radical (unpaired) electrons. The first-order valence-corrected chi connectivity index (χ1v) is 27.0. The monoisotopic (exact) mass is 1140 g/mol. The number of para-hydroxylation sites is 1. The number of rotatable bonds is 36. The quantitative estimate of drug-likeness (QED) is 0.0119. The maximum absolute atomic E-state index is 14.7. The lowest BCUT2D eigenvalue weighted by atomic mass is 10.0. The van der Waals surface area contributed by atoms with Crippen molar-refractivity contribution < 1.29 is 43.5 Å². The van der Waals surface area contributed by atoms with Crippen LogP contribution in [0.2, 0.25) is 0 Å². The Kier molecular flexibility index (Phi) is 28.9. The zero-order valence-corrected chi connectivity index (χ0v) is 46.0. The molecule has 27 nitrogen and oxygen atoms in total. The second kappa shape index (κ2) is 34.9. The number of hydrogen-bond donors (Lipinski definition) is 18. The van der Waals surface area contributed by atoms with Gasteiger partial charge in [-0.25, -0.2) is 4.79 Å². The van der Waals surface area contributed by atoms with Crippen LogP contribution < -0.4 is 77.4 Å². The summed E-state index contributed by atoms with van der Waals surface area (Å²) in [6.45, 7) is 2.22. The van der Waals surface area contributed by atoms with Gasteiger partial charge in [-0.3, -0.25) is 48.5 Å². The van der Waals surface area contributed by atoms with Gasteiger partial charge in [-0.05, 0) is 62.1 Å². The lowest BCUT2D eigenvalue weighted by Gasteiger charge is -2.28. The first-order valence-electron chi connectivity index (χ1n) is 25.7. The van der Waals surface area contributed by atoms with Gasteiger partial charge in [0.1, 0.15) is 42.3 Å². The summed E-state index contributed by atoms with van der Waals surface area (Å²) < 4.78 is 0. The smallest absolute Gasteiger partial charge is 0.327 e. The zero-order valence-electron chi connectivity index (χ0n) is 44.2. The molecule has 1 aromatic heterocycles. The van der Waals surface area contributed by atoms with E-state index < -0.39 is 95.7 Å². The number of thiol groups is 2. The minimum Gasteiger partial charge on any atom is -0.480 e. The van der Waals surface area contributed by atoms with Crippen LogP contribution in [-0.4, -0.2) is 155 Å². The van der Waals surface area contributed by atoms with Crippen molar-refractivity contribution in [2.24, 2.45) is 55.1 Å². The predicted octanol–water partition coefficient (Wildman–Crippen LogP) is -3.03. The molecule has 0 aliphatic heterocycles. The molecule has 2 aromatic carbocycles. The highest BCUT2D eigenvalue weighted by Gasteiger charge is 2.34. The predicted molar refractivity (Wildman–Crippen MR) is 308 cm³/mol. The van der Waals surface area contributed by atoms with E-state index in [0.29, 0.717) is 30.4 Å². The molecule has 8 atom stereocenters. The number of unbranched alkanes of at least 4 members (excludes halogenated alkanes) is 1. The maximum atomic E-state index is 14.7. The van der Waals surface area contributed by atoms with Crippen molar-refractivity contribution in [3.05, 3.63) is 71.9 Å². The second-order valence-electron chi connectivity index (χ2n) is 18.5. The number of hydrogen-bond acceptors (Lipinski definition) is 14. The Morgan fingerprint density at radius 3 is 1.38 bits per heavy atom. The number of carboxylic acid groups (broad SMARTS) is 1. The molecule has 0 aliphatic carbocycles. The number of aliphatic carboxylic acids is 1. The Bertz CT molecular complexity index is 2570. The first-order chi connectivity index (χ1) is 37.7. The van der Waals surface area contributed by atoms with Gasteiger partial charge in [0.05, 0.1) is 6.04 Å². The standard InChI is InChI=1S/C50H78N18O9S2/c1-2-3-16-33(62-40(69)31(51)15-9-20-58-48(52)53)43(72)67-38(26-78)46(75)64-35(19-11-22-60-50(56)57)41(70)65-36(23-28-12-5-4-6-13-28)44(73)63-34(18-10-21-59-49(54)55)42(71)66-37(45(74)68-39(27-79)47(76)77)24-29-25-61-32-17-8-7-14-30(29)32/h4-8,12-14,17,25,31,33-39,61,78-79H,2-3,9-11,15-16,18-24,26-27,51H2,1H3,(H,62,69)(H,63,73)(H,64,75)(H,65,70)(H,66,71)(H,67,72)(H,68,74)(H,76,77)(H4,52,53,58)(H4,54,55,59)(H4,56,57,60)/t31-,33-,34-,35-,36+,37-,38-,39-/m0/s1. The van der Waals surface area contributed by atoms with E-state index in [9.17, 15) is 43.5 Å². The molecule has 7 amide bonds. The van der Waals surface area contributed by atoms with E-state index in [-0.39, 0.29) is 100 Å². The van der Waals surface area contributed by atoms with Gasteiger partial charge >= 0.3 is 5.97 Å². The Morgan fingerprint density at radius 2 is 0.899 bits per heavy atom. The fraction of sp³-hybridized carbons (Fsp3) is 0.500. The number of carboxylic acids is 1. The molecular weight excluding hydrogens is 1060 g/mol. The van der Waals surface area contributed by atoms with Gasteiger partial charge < -0.3 is 87.4 Å². The summed E-state index contributed by atoms with van der Waals surface area (Å²) in [6.07, 6.45) is 3.57. The number of carbonyl (C=O) groups is 8. The molecule has 29 heteroatoms. The summed E-state index contributed by atoms with van der Waals surface area (Å²) in [7, 11) is 0. The third kappa shape index (κ3) is 23.8. The molecular formula is C50H78N18O9S2. The third-order valence-corrected chi connectivity index (χ3v) is 12.9. The largest absolute Gasteiger partial charge is 0.480 e. The van der Waals surface area contributed by atoms with E-state index in [1.165, 1.54) is 0 Å². The van der Waals surface area contributed by atoms with E-state index in [1.807, 2.05) is 25.1 Å².